The maximum absolute atomic E-state index is 12.0. The summed E-state index contributed by atoms with van der Waals surface area (Å²) in [7, 11) is -2.94. The predicted molar refractivity (Wildman–Crippen MR) is 69.7 cm³/mol. The van der Waals surface area contributed by atoms with Gasteiger partial charge < -0.3 is 0 Å². The number of hydrogen-bond donors (Lipinski definition) is 0. The second-order valence-electron chi connectivity index (χ2n) is 5.03. The third kappa shape index (κ3) is 3.30. The van der Waals surface area contributed by atoms with Crippen LogP contribution in [0.4, 0.5) is 0 Å². The molecular weight excluding hydrogens is 325 g/mol. The minimum absolute atomic E-state index is 0.295. The first-order valence-electron chi connectivity index (χ1n) is 5.56. The summed E-state index contributed by atoms with van der Waals surface area (Å²) in [6, 6.07) is 0. The summed E-state index contributed by atoms with van der Waals surface area (Å²) in [4.78, 5) is 0. The minimum atomic E-state index is -2.94. The molecule has 2 fully saturated rings. The Morgan fingerprint density at radius 1 is 1.33 bits per heavy atom. The van der Waals surface area contributed by atoms with Crippen LogP contribution in [0, 0.1) is 5.92 Å². The maximum Gasteiger partial charge on any atom is 0.214 e. The zero-order valence-corrected chi connectivity index (χ0v) is 12.1. The third-order valence-corrected chi connectivity index (χ3v) is 6.42. The van der Waals surface area contributed by atoms with Crippen molar-refractivity contribution in [3.05, 3.63) is 0 Å². The van der Waals surface area contributed by atoms with Crippen molar-refractivity contribution in [3.8, 4) is 0 Å². The topological polar surface area (TPSA) is 37.4 Å². The first-order valence-corrected chi connectivity index (χ1v) is 8.25. The molecule has 1 aliphatic heterocycles. The highest BCUT2D eigenvalue weighted by atomic mass is 127. The summed E-state index contributed by atoms with van der Waals surface area (Å²) in [5.74, 6) is 0.855. The van der Waals surface area contributed by atoms with Crippen molar-refractivity contribution in [2.75, 3.05) is 18.8 Å². The average Bonchev–Trinajstić information content (AvgIpc) is 2.86. The Hall–Kier alpha value is 0.640. The molecule has 0 radical (unpaired) electrons. The van der Waals surface area contributed by atoms with Gasteiger partial charge in [0.05, 0.1) is 5.75 Å². The van der Waals surface area contributed by atoms with E-state index in [4.69, 9.17) is 0 Å². The van der Waals surface area contributed by atoms with Gasteiger partial charge in [-0.15, -0.1) is 0 Å². The number of halogens is 1. The maximum atomic E-state index is 12.0. The van der Waals surface area contributed by atoms with Crippen LogP contribution in [0.1, 0.15) is 32.6 Å². The van der Waals surface area contributed by atoms with E-state index in [1.54, 1.807) is 4.31 Å². The quantitative estimate of drug-likeness (QED) is 0.581. The van der Waals surface area contributed by atoms with E-state index in [2.05, 4.69) is 29.5 Å². The normalized spacial score (nSPS) is 27.9. The molecule has 0 atom stereocenters. The number of alkyl halides is 1. The van der Waals surface area contributed by atoms with Gasteiger partial charge in [-0.05, 0) is 31.6 Å². The van der Waals surface area contributed by atoms with Crippen LogP contribution < -0.4 is 0 Å². The monoisotopic (exact) mass is 343 g/mol. The number of hydrogen-bond acceptors (Lipinski definition) is 2. The van der Waals surface area contributed by atoms with Gasteiger partial charge in [0.15, 0.2) is 0 Å². The second-order valence-corrected chi connectivity index (χ2v) is 9.65. The number of nitrogens with zero attached hydrogens (tertiary/aromatic N) is 1. The third-order valence-electron chi connectivity index (χ3n) is 3.30. The zero-order chi connectivity index (χ0) is 11.1. The zero-order valence-electron chi connectivity index (χ0n) is 9.08. The Labute approximate surface area is 106 Å². The highest BCUT2D eigenvalue weighted by Gasteiger charge is 2.36. The predicted octanol–water partition coefficient (Wildman–Crippen LogP) is 2.02. The molecule has 0 bridgehead atoms. The van der Waals surface area contributed by atoms with Gasteiger partial charge in [0.2, 0.25) is 10.0 Å². The van der Waals surface area contributed by atoms with Crippen molar-refractivity contribution in [2.45, 2.75) is 36.0 Å². The summed E-state index contributed by atoms with van der Waals surface area (Å²) < 4.78 is 25.9. The van der Waals surface area contributed by atoms with Gasteiger partial charge in [-0.2, -0.15) is 0 Å². The Balaban J connectivity index is 1.94. The lowest BCUT2D eigenvalue weighted by molar-refractivity contribution is 0.317. The van der Waals surface area contributed by atoms with Crippen molar-refractivity contribution in [2.24, 2.45) is 5.92 Å². The van der Waals surface area contributed by atoms with Gasteiger partial charge >= 0.3 is 0 Å². The van der Waals surface area contributed by atoms with Crippen molar-refractivity contribution in [1.82, 2.24) is 4.31 Å². The fourth-order valence-corrected chi connectivity index (χ4v) is 4.28. The van der Waals surface area contributed by atoms with Crippen LogP contribution in [-0.4, -0.2) is 35.0 Å². The summed E-state index contributed by atoms with van der Waals surface area (Å²) >= 11 is 2.45. The van der Waals surface area contributed by atoms with E-state index in [1.165, 1.54) is 0 Å². The Morgan fingerprint density at radius 2 is 1.87 bits per heavy atom. The highest BCUT2D eigenvalue weighted by molar-refractivity contribution is 14.1. The molecule has 1 saturated heterocycles. The molecule has 2 rings (SSSR count). The van der Waals surface area contributed by atoms with Crippen LogP contribution in [0.15, 0.2) is 0 Å². The molecular formula is C10H18INO2S. The van der Waals surface area contributed by atoms with Gasteiger partial charge in [-0.1, -0.05) is 29.5 Å². The van der Waals surface area contributed by atoms with E-state index in [0.29, 0.717) is 28.2 Å². The molecule has 2 aliphatic rings. The molecule has 0 unspecified atom stereocenters. The van der Waals surface area contributed by atoms with E-state index in [9.17, 15) is 8.42 Å². The van der Waals surface area contributed by atoms with Crippen molar-refractivity contribution in [1.29, 1.82) is 0 Å². The second kappa shape index (κ2) is 4.14. The lowest BCUT2D eigenvalue weighted by Crippen LogP contribution is -2.43. The summed E-state index contributed by atoms with van der Waals surface area (Å²) in [5.41, 5.74) is 0. The van der Waals surface area contributed by atoms with E-state index in [-0.39, 0.29) is 0 Å². The Bertz CT molecular complexity index is 325. The Kier molecular flexibility index (Phi) is 3.34. The first-order chi connectivity index (χ1) is 6.89. The van der Waals surface area contributed by atoms with Crippen LogP contribution in [-0.2, 0) is 10.0 Å². The lowest BCUT2D eigenvalue weighted by atomic mass is 10.0. The number of piperidine rings is 1. The molecule has 0 amide bonds. The van der Waals surface area contributed by atoms with Crippen molar-refractivity contribution in [3.63, 3.8) is 0 Å². The molecule has 88 valence electrons. The molecule has 1 saturated carbocycles. The minimum Gasteiger partial charge on any atom is -0.212 e. The van der Waals surface area contributed by atoms with Gasteiger partial charge in [0.25, 0.3) is 0 Å². The molecule has 0 aromatic rings. The SMILES string of the molecule is CC1(I)CCN(S(=O)(=O)CC2CC2)CC1. The summed E-state index contributed by atoms with van der Waals surface area (Å²) in [6.45, 7) is 3.64. The molecule has 0 spiro atoms. The van der Waals surface area contributed by atoms with Gasteiger partial charge in [0, 0.05) is 16.5 Å². The van der Waals surface area contributed by atoms with Crippen LogP contribution in [0.5, 0.6) is 0 Å². The first kappa shape index (κ1) is 12.1. The van der Waals surface area contributed by atoms with E-state index >= 15 is 0 Å². The van der Waals surface area contributed by atoms with Gasteiger partial charge in [0.1, 0.15) is 0 Å². The summed E-state index contributed by atoms with van der Waals surface area (Å²) in [5, 5.41) is 0. The van der Waals surface area contributed by atoms with E-state index in [0.717, 1.165) is 25.7 Å². The van der Waals surface area contributed by atoms with Crippen LogP contribution in [0.3, 0.4) is 0 Å². The molecule has 3 nitrogen and oxygen atoms in total. The largest absolute Gasteiger partial charge is 0.214 e. The molecule has 0 aromatic heterocycles. The average molecular weight is 343 g/mol. The van der Waals surface area contributed by atoms with Crippen LogP contribution in [0.25, 0.3) is 0 Å². The van der Waals surface area contributed by atoms with Gasteiger partial charge in [-0.3, -0.25) is 0 Å². The standard InChI is InChI=1S/C10H18INO2S/c1-10(11)4-6-12(7-5-10)15(13,14)8-9-2-3-9/h9H,2-8H2,1H3. The van der Waals surface area contributed by atoms with Crippen LogP contribution >= 0.6 is 22.6 Å². The molecule has 0 N–H and O–H groups in total. The molecule has 15 heavy (non-hydrogen) atoms. The van der Waals surface area contributed by atoms with Crippen molar-refractivity contribution < 1.29 is 8.42 Å². The van der Waals surface area contributed by atoms with Crippen molar-refractivity contribution >= 4 is 32.6 Å². The lowest BCUT2D eigenvalue weighted by Gasteiger charge is -2.34. The fraction of sp³-hybridized carbons (Fsp3) is 1.00. The van der Waals surface area contributed by atoms with Gasteiger partial charge in [-0.25, -0.2) is 12.7 Å². The molecule has 5 heteroatoms. The molecule has 1 heterocycles. The molecule has 0 aromatic carbocycles. The Morgan fingerprint density at radius 3 is 2.33 bits per heavy atom. The number of rotatable bonds is 3. The molecule has 1 aliphatic carbocycles. The van der Waals surface area contributed by atoms with E-state index < -0.39 is 10.0 Å². The van der Waals surface area contributed by atoms with Crippen LogP contribution in [0.2, 0.25) is 0 Å². The van der Waals surface area contributed by atoms with E-state index in [1.807, 2.05) is 0 Å². The summed E-state index contributed by atoms with van der Waals surface area (Å²) in [6.07, 6.45) is 4.18. The highest BCUT2D eigenvalue weighted by Crippen LogP contribution is 2.35. The fourth-order valence-electron chi connectivity index (χ4n) is 1.92. The smallest absolute Gasteiger partial charge is 0.212 e. The number of sulfonamides is 1.